The third kappa shape index (κ3) is 34.3. The first-order valence-corrected chi connectivity index (χ1v) is 29.7. The van der Waals surface area contributed by atoms with Crippen molar-refractivity contribution in [1.82, 2.24) is 9.80 Å². The van der Waals surface area contributed by atoms with Crippen LogP contribution in [0.5, 0.6) is 0 Å². The van der Waals surface area contributed by atoms with Crippen molar-refractivity contribution in [3.63, 3.8) is 0 Å². The predicted octanol–water partition coefficient (Wildman–Crippen LogP) is 9.75. The summed E-state index contributed by atoms with van der Waals surface area (Å²) in [5.41, 5.74) is 8.03. The molecule has 0 unspecified atom stereocenters. The van der Waals surface area contributed by atoms with Crippen LogP contribution >= 0.6 is 15.2 Å². The molecule has 0 bridgehead atoms. The van der Waals surface area contributed by atoms with Crippen molar-refractivity contribution < 1.29 is 103 Å². The van der Waals surface area contributed by atoms with Crippen LogP contribution in [0.2, 0.25) is 0 Å². The number of aryl methyl sites for hydroxylation is 1. The summed E-state index contributed by atoms with van der Waals surface area (Å²) in [6.45, 7) is 22.1. The molecule has 5 aromatic carbocycles. The molecule has 0 atom stereocenters. The van der Waals surface area contributed by atoms with Crippen molar-refractivity contribution in [2.45, 2.75) is 66.7 Å². The molecule has 0 aromatic heterocycles. The van der Waals surface area contributed by atoms with Gasteiger partial charge in [0.05, 0.1) is 92.1 Å². The first-order valence-electron chi connectivity index (χ1n) is 26.4. The molecule has 76 heavy (non-hydrogen) atoms. The molecule has 2 aliphatic rings. The Kier molecular flexibility index (Phi) is 41.1. The second-order valence-electron chi connectivity index (χ2n) is 16.9. The van der Waals surface area contributed by atoms with Crippen LogP contribution in [0.25, 0.3) is 6.08 Å². The van der Waals surface area contributed by atoms with Crippen molar-refractivity contribution in [1.29, 1.82) is 0 Å². The van der Waals surface area contributed by atoms with Gasteiger partial charge in [0.2, 0.25) is 0 Å². The van der Waals surface area contributed by atoms with E-state index in [-0.39, 0.29) is 64.2 Å². The predicted molar refractivity (Wildman–Crippen MR) is 305 cm³/mol. The number of benzene rings is 5. The largest absolute Gasteiger partial charge is 1.00 e. The number of hydrogen-bond acceptors (Lipinski definition) is 13. The second-order valence-corrected chi connectivity index (χ2v) is 21.1. The number of rotatable bonds is 31. The molecule has 1 aliphatic heterocycles. The van der Waals surface area contributed by atoms with Gasteiger partial charge in [-0.1, -0.05) is 164 Å². The molecule has 0 spiro atoms. The summed E-state index contributed by atoms with van der Waals surface area (Å²) in [7, 11) is -5.97. The first kappa shape index (κ1) is 69.3. The van der Waals surface area contributed by atoms with Crippen molar-refractivity contribution in [2.24, 2.45) is 0 Å². The van der Waals surface area contributed by atoms with Gasteiger partial charge >= 0.3 is 66.6 Å². The zero-order valence-corrected chi connectivity index (χ0v) is 51.1. The summed E-state index contributed by atoms with van der Waals surface area (Å²) in [6.07, 6.45) is 7.12. The van der Waals surface area contributed by atoms with Gasteiger partial charge in [0.1, 0.15) is 0 Å². The van der Waals surface area contributed by atoms with Crippen LogP contribution < -0.4 is 51.4 Å². The zero-order chi connectivity index (χ0) is 53.9. The van der Waals surface area contributed by atoms with E-state index in [9.17, 15) is 9.13 Å². The number of hydrogen-bond donors (Lipinski definition) is 1. The summed E-state index contributed by atoms with van der Waals surface area (Å²) in [5, 5.41) is 9.15. The standard InChI is InChI=1S/C26H40NO6P.C16H19NO.C10H10.C6H13O3P.C2H4O.K/c1-3-32-34(28,33-4-2)22-21-31-20-19-30-18-17-29-16-15-27(23-25-11-7-5-8-12-25)24-26-13-9-6-10-14-26;18-12-11-17(13-15-7-3-1-4-8-15)14-16-9-5-2-6-10-16;1-2-6-10-8-4-3-7-9(10)5-1;1-4-8-10(7,6-3)9-5-2;1-2-3-1;/h5-14H,3-4,15-24H2,1-2H3;1-10,18H,11-14H2;1-3,5-7H,4,8H2;6H,3-5H2,1-2H3;1-2H2;/q;;;;;+1. The molecular formula is C60H86KN2O11P2+. The minimum atomic E-state index is -3.04. The van der Waals surface area contributed by atoms with Crippen LogP contribution in [-0.4, -0.2) is 120 Å². The third-order valence-electron chi connectivity index (χ3n) is 10.8. The van der Waals surface area contributed by atoms with E-state index in [0.29, 0.717) is 72.6 Å². The normalized spacial score (nSPS) is 12.2. The minimum Gasteiger partial charge on any atom is -0.395 e. The fourth-order valence-corrected chi connectivity index (χ4v) is 9.76. The monoisotopic (exact) mass is 1110 g/mol. The van der Waals surface area contributed by atoms with Crippen LogP contribution in [0.15, 0.2) is 164 Å². The van der Waals surface area contributed by atoms with Crippen molar-refractivity contribution in [3.05, 3.63) is 197 Å². The average Bonchev–Trinajstić information content (AvgIpc) is 4.33. The van der Waals surface area contributed by atoms with Crippen molar-refractivity contribution >= 4 is 21.3 Å². The molecule has 1 fully saturated rings. The fraction of sp³-hybridized carbons (Fsp3) is 0.433. The smallest absolute Gasteiger partial charge is 0.395 e. The number of allylic oxidation sites excluding steroid dienone is 1. The van der Waals surface area contributed by atoms with Crippen molar-refractivity contribution in [2.75, 3.05) is 105 Å². The molecule has 1 heterocycles. The third-order valence-corrected chi connectivity index (χ3v) is 14.6. The molecule has 1 N–H and O–H groups in total. The van der Waals surface area contributed by atoms with Gasteiger partial charge in [0.15, 0.2) is 0 Å². The summed E-state index contributed by atoms with van der Waals surface area (Å²) >= 11 is 0. The number of ether oxygens (including phenoxy) is 4. The van der Waals surface area contributed by atoms with Crippen molar-refractivity contribution in [3.8, 4) is 0 Å². The number of fused-ring (bicyclic) bond motifs is 1. The van der Waals surface area contributed by atoms with Gasteiger partial charge < -0.3 is 42.1 Å². The summed E-state index contributed by atoms with van der Waals surface area (Å²) in [6, 6.07) is 50.3. The van der Waals surface area contributed by atoms with Crippen LogP contribution in [-0.2, 0) is 78.8 Å². The SMILES string of the molecule is C1=Cc2ccccc2CC1.C1CO1.C=CP(=O)(OCC)OCC.CCOP(=O)(CCOCCOCCOCCN(Cc1ccccc1)Cc1ccccc1)OCC.OCCN(Cc1ccccc1)Cc1ccccc1.[K+]. The molecule has 1 saturated heterocycles. The van der Waals surface area contributed by atoms with Crippen LogP contribution in [0, 0.1) is 0 Å². The van der Waals surface area contributed by atoms with E-state index >= 15 is 0 Å². The van der Waals surface area contributed by atoms with Gasteiger partial charge in [-0.3, -0.25) is 18.9 Å². The molecular weight excluding hydrogens is 1030 g/mol. The summed E-state index contributed by atoms with van der Waals surface area (Å²) in [5.74, 6) is 1.22. The van der Waals surface area contributed by atoms with E-state index in [1.54, 1.807) is 27.7 Å². The molecule has 412 valence electrons. The number of nitrogens with zero attached hydrogens (tertiary/aromatic N) is 2. The minimum absolute atomic E-state index is 0. The second kappa shape index (κ2) is 45.0. The Hall–Kier alpha value is -2.76. The Morgan fingerprint density at radius 2 is 0.921 bits per heavy atom. The zero-order valence-electron chi connectivity index (χ0n) is 46.2. The van der Waals surface area contributed by atoms with Crippen LogP contribution in [0.1, 0.15) is 67.5 Å². The molecule has 1 aliphatic carbocycles. The Morgan fingerprint density at radius 3 is 1.30 bits per heavy atom. The molecule has 5 aromatic rings. The molecule has 0 radical (unpaired) electrons. The maximum Gasteiger partial charge on any atom is 1.00 e. The summed E-state index contributed by atoms with van der Waals surface area (Å²) in [4.78, 5) is 4.65. The van der Waals surface area contributed by atoms with E-state index in [1.165, 1.54) is 52.0 Å². The van der Waals surface area contributed by atoms with Gasteiger partial charge in [-0.25, -0.2) is 0 Å². The fourth-order valence-electron chi connectivity index (χ4n) is 7.28. The molecule has 16 heteroatoms. The Balaban J connectivity index is 0.000000386. The molecule has 7 rings (SSSR count). The average molecular weight is 1110 g/mol. The van der Waals surface area contributed by atoms with Gasteiger partial charge in [-0.15, -0.1) is 0 Å². The van der Waals surface area contributed by atoms with E-state index in [1.807, 2.05) is 24.3 Å². The topological polar surface area (TPSA) is 138 Å². The molecule has 13 nitrogen and oxygen atoms in total. The number of aliphatic hydroxyl groups excluding tert-OH is 1. The van der Waals surface area contributed by atoms with E-state index in [4.69, 9.17) is 37.4 Å². The Morgan fingerprint density at radius 1 is 0.539 bits per heavy atom. The van der Waals surface area contributed by atoms with Gasteiger partial charge in [-0.05, 0) is 73.9 Å². The number of aliphatic hydroxyl groups is 1. The van der Waals surface area contributed by atoms with Gasteiger partial charge in [0.25, 0.3) is 0 Å². The molecule has 0 saturated carbocycles. The Labute approximate surface area is 498 Å². The maximum absolute atomic E-state index is 12.3. The quantitative estimate of drug-likeness (QED) is 0.0195. The van der Waals surface area contributed by atoms with E-state index in [2.05, 4.69) is 155 Å². The summed E-state index contributed by atoms with van der Waals surface area (Å²) < 4.78 is 65.0. The number of epoxide rings is 1. The first-order chi connectivity index (χ1) is 36.7. The van der Waals surface area contributed by atoms with Crippen LogP contribution in [0.4, 0.5) is 0 Å². The maximum atomic E-state index is 12.3. The van der Waals surface area contributed by atoms with Crippen LogP contribution in [0.3, 0.4) is 0 Å². The van der Waals surface area contributed by atoms with E-state index < -0.39 is 15.2 Å². The Bertz CT molecular complexity index is 2180. The van der Waals surface area contributed by atoms with Gasteiger partial charge in [-0.2, -0.15) is 0 Å². The van der Waals surface area contributed by atoms with E-state index in [0.717, 1.165) is 45.9 Å². The molecule has 0 amide bonds. The van der Waals surface area contributed by atoms with Gasteiger partial charge in [0, 0.05) is 45.1 Å².